The third-order valence-corrected chi connectivity index (χ3v) is 13.3. The Labute approximate surface area is 385 Å². The highest BCUT2D eigenvalue weighted by Gasteiger charge is 2.54. The molecule has 3 nitrogen and oxygen atoms in total. The van der Waals surface area contributed by atoms with Gasteiger partial charge >= 0.3 is 0 Å². The van der Waals surface area contributed by atoms with E-state index in [2.05, 4.69) is 192 Å². The van der Waals surface area contributed by atoms with Crippen LogP contribution in [-0.2, 0) is 5.41 Å². The molecule has 0 radical (unpaired) electrons. The molecule has 6 aromatic rings. The predicted molar refractivity (Wildman–Crippen MR) is 275 cm³/mol. The predicted octanol–water partition coefficient (Wildman–Crippen LogP) is 17.1. The van der Waals surface area contributed by atoms with Crippen LogP contribution in [0.1, 0.15) is 81.2 Å². The van der Waals surface area contributed by atoms with Crippen molar-refractivity contribution in [2.24, 2.45) is 0 Å². The van der Waals surface area contributed by atoms with Gasteiger partial charge < -0.3 is 14.5 Å². The molecule has 0 bridgehead atoms. The van der Waals surface area contributed by atoms with Crippen molar-refractivity contribution in [3.63, 3.8) is 0 Å². The van der Waals surface area contributed by atoms with E-state index in [4.69, 9.17) is 4.74 Å². The van der Waals surface area contributed by atoms with Gasteiger partial charge in [0.25, 0.3) is 0 Å². The number of anilines is 5. The Hall–Kier alpha value is -7.58. The normalized spacial score (nSPS) is 18.5. The van der Waals surface area contributed by atoms with Crippen molar-refractivity contribution in [1.29, 1.82) is 0 Å². The summed E-state index contributed by atoms with van der Waals surface area (Å²) in [7, 11) is 0. The van der Waals surface area contributed by atoms with Gasteiger partial charge in [-0.05, 0) is 143 Å². The smallest absolute Gasteiger partial charge is 0.158 e. The zero-order valence-electron chi connectivity index (χ0n) is 37.8. The second kappa shape index (κ2) is 17.5. The summed E-state index contributed by atoms with van der Waals surface area (Å²) in [6.45, 7) is 12.4. The van der Waals surface area contributed by atoms with Crippen LogP contribution in [-0.4, -0.2) is 0 Å². The zero-order chi connectivity index (χ0) is 44.5. The number of ether oxygens (including phenoxy) is 1. The Balaban J connectivity index is 0.00000121. The van der Waals surface area contributed by atoms with Crippen LogP contribution in [0.25, 0.3) is 28.9 Å². The van der Waals surface area contributed by atoms with Crippen molar-refractivity contribution in [1.82, 2.24) is 0 Å². The van der Waals surface area contributed by atoms with Gasteiger partial charge in [-0.2, -0.15) is 0 Å². The molecule has 65 heavy (non-hydrogen) atoms. The average Bonchev–Trinajstić information content (AvgIpc) is 4.06. The highest BCUT2D eigenvalue weighted by atomic mass is 16.5. The number of benzene rings is 6. The van der Waals surface area contributed by atoms with Gasteiger partial charge in [0, 0.05) is 33.8 Å². The number of para-hydroxylation sites is 3. The van der Waals surface area contributed by atoms with Crippen molar-refractivity contribution in [3.8, 4) is 16.9 Å². The van der Waals surface area contributed by atoms with Crippen molar-refractivity contribution in [2.45, 2.75) is 58.8 Å². The fourth-order valence-electron chi connectivity index (χ4n) is 10.9. The van der Waals surface area contributed by atoms with E-state index < -0.39 is 5.41 Å². The van der Waals surface area contributed by atoms with Gasteiger partial charge in [-0.25, -0.2) is 0 Å². The van der Waals surface area contributed by atoms with Crippen LogP contribution >= 0.6 is 0 Å². The summed E-state index contributed by atoms with van der Waals surface area (Å²) in [6, 6.07) is 50.9. The Bertz CT molecular complexity index is 3110. The van der Waals surface area contributed by atoms with Crippen LogP contribution in [0.3, 0.4) is 0 Å². The van der Waals surface area contributed by atoms with Gasteiger partial charge in [-0.15, -0.1) is 5.73 Å². The third kappa shape index (κ3) is 6.57. The summed E-state index contributed by atoms with van der Waals surface area (Å²) in [5, 5.41) is 0. The molecule has 6 aromatic carbocycles. The first-order chi connectivity index (χ1) is 32.2. The van der Waals surface area contributed by atoms with Crippen LogP contribution in [0.2, 0.25) is 0 Å². The second-order valence-corrected chi connectivity index (χ2v) is 16.4. The summed E-state index contributed by atoms with van der Waals surface area (Å²) in [5.74, 6) is 0.780. The van der Waals surface area contributed by atoms with E-state index in [9.17, 15) is 0 Å². The highest BCUT2D eigenvalue weighted by Crippen LogP contribution is 2.67. The minimum Gasteiger partial charge on any atom is -0.462 e. The van der Waals surface area contributed by atoms with E-state index in [1.165, 1.54) is 67.1 Å². The molecule has 0 N–H and O–H groups in total. The van der Waals surface area contributed by atoms with Crippen LogP contribution in [0.4, 0.5) is 28.4 Å². The van der Waals surface area contributed by atoms with Crippen LogP contribution < -0.4 is 14.5 Å². The fourth-order valence-corrected chi connectivity index (χ4v) is 10.9. The van der Waals surface area contributed by atoms with E-state index in [0.717, 1.165) is 65.3 Å². The number of rotatable bonds is 6. The first kappa shape index (κ1) is 41.4. The van der Waals surface area contributed by atoms with Crippen molar-refractivity contribution in [3.05, 3.63) is 250 Å². The van der Waals surface area contributed by atoms with Crippen LogP contribution in [0.15, 0.2) is 223 Å². The van der Waals surface area contributed by atoms with Crippen molar-refractivity contribution < 1.29 is 4.74 Å². The highest BCUT2D eigenvalue weighted by molar-refractivity contribution is 6.00. The molecular weight excluding hydrogens is 789 g/mol. The van der Waals surface area contributed by atoms with E-state index >= 15 is 0 Å². The maximum atomic E-state index is 6.53. The van der Waals surface area contributed by atoms with Crippen LogP contribution in [0.5, 0.6) is 5.75 Å². The molecule has 0 amide bonds. The average molecular weight is 843 g/mol. The maximum absolute atomic E-state index is 6.53. The van der Waals surface area contributed by atoms with Crippen LogP contribution in [0, 0.1) is 0 Å². The van der Waals surface area contributed by atoms with Gasteiger partial charge in [0.2, 0.25) is 0 Å². The number of nitrogens with zero attached hydrogens (tertiary/aromatic N) is 2. The zero-order valence-corrected chi connectivity index (χ0v) is 37.8. The molecule has 1 atom stereocenters. The Morgan fingerprint density at radius 2 is 1.28 bits per heavy atom. The molecule has 1 spiro atoms. The van der Waals surface area contributed by atoms with E-state index in [0.29, 0.717) is 0 Å². The summed E-state index contributed by atoms with van der Waals surface area (Å²) in [6.07, 6.45) is 23.3. The number of fused-ring (bicyclic) bond motifs is 10. The lowest BCUT2D eigenvalue weighted by Gasteiger charge is -2.37. The van der Waals surface area contributed by atoms with Crippen molar-refractivity contribution in [2.75, 3.05) is 9.80 Å². The fraction of sp³-hybridized carbons (Fsp3) is 0.145. The largest absolute Gasteiger partial charge is 0.462 e. The minimum absolute atomic E-state index is 0.461. The third-order valence-electron chi connectivity index (χ3n) is 13.3. The molecule has 12 rings (SSSR count). The number of hydrogen-bond donors (Lipinski definition) is 0. The van der Waals surface area contributed by atoms with Gasteiger partial charge in [0.05, 0.1) is 28.7 Å². The van der Waals surface area contributed by atoms with Gasteiger partial charge in [0.1, 0.15) is 0 Å². The molecule has 0 fully saturated rings. The molecular formula is C62H54N2O. The Morgan fingerprint density at radius 3 is 2.09 bits per heavy atom. The minimum atomic E-state index is -0.461. The van der Waals surface area contributed by atoms with Crippen molar-refractivity contribution >= 4 is 46.2 Å². The standard InChI is InChI=1S/C58H42N2O.2C2H6/c1-39-18-12-13-37-61-57-44(39)27-16-34-55(57)60(42-23-6-3-7-24-42)54-33-17-31-51-56(54)48-26-9-11-30-50(48)58(51)49-29-10-8-25-46(49)47-36-35-43(38-52(47)58)59(41-21-4-2-5-22-41)53-32-15-20-40-19-14-28-45(40)53;2*1-2/h2-9,11-13,15-28,30-34,37-38H,1,10,29,35-36H2;2*1-2H3/b18-12-,37-13-;;. The molecule has 1 heterocycles. The molecule has 6 aliphatic rings. The van der Waals surface area contributed by atoms with Gasteiger partial charge in [0.15, 0.2) is 5.75 Å². The molecule has 0 saturated carbocycles. The monoisotopic (exact) mass is 842 g/mol. The molecule has 0 aromatic heterocycles. The quantitative estimate of drug-likeness (QED) is 0.155. The lowest BCUT2D eigenvalue weighted by molar-refractivity contribution is 0.480. The van der Waals surface area contributed by atoms with Gasteiger partial charge in [-0.1, -0.05) is 156 Å². The second-order valence-electron chi connectivity index (χ2n) is 16.4. The summed E-state index contributed by atoms with van der Waals surface area (Å²) in [4.78, 5) is 4.91. The lowest BCUT2D eigenvalue weighted by Crippen LogP contribution is -2.30. The molecule has 1 unspecified atom stereocenters. The Kier molecular flexibility index (Phi) is 11.2. The Morgan fingerprint density at radius 1 is 0.600 bits per heavy atom. The topological polar surface area (TPSA) is 15.7 Å². The number of allylic oxidation sites excluding steroid dienone is 12. The first-order valence-corrected chi connectivity index (χ1v) is 23.4. The summed E-state index contributed by atoms with van der Waals surface area (Å²) in [5.41, 5.74) is 25.1. The lowest BCUT2D eigenvalue weighted by atomic mass is 9.66. The maximum Gasteiger partial charge on any atom is 0.158 e. The molecule has 1 aliphatic heterocycles. The molecule has 318 valence electrons. The number of hydrogen-bond acceptors (Lipinski definition) is 3. The van der Waals surface area contributed by atoms with E-state index in [-0.39, 0.29) is 0 Å². The molecule has 5 aliphatic carbocycles. The molecule has 3 heteroatoms. The van der Waals surface area contributed by atoms with Gasteiger partial charge in [-0.3, -0.25) is 0 Å². The van der Waals surface area contributed by atoms with E-state index in [1.54, 1.807) is 6.26 Å². The van der Waals surface area contributed by atoms with E-state index in [1.807, 2.05) is 45.9 Å². The SMILES string of the molecule is C=C1/C=C\C=C/Oc2c1cccc2N(c1ccccc1)c1cccc2c1-c1ccccc1C21C2=C(CCC(N(c3ccccc3)c3cccc4c3C=C=C4)=C2)C2=C1CCC=C2.CC.CC. The summed E-state index contributed by atoms with van der Waals surface area (Å²) < 4.78 is 6.53. The molecule has 0 saturated heterocycles. The first-order valence-electron chi connectivity index (χ1n) is 23.4. The summed E-state index contributed by atoms with van der Waals surface area (Å²) >= 11 is 0.